The third-order valence-corrected chi connectivity index (χ3v) is 3.56. The summed E-state index contributed by atoms with van der Waals surface area (Å²) < 4.78 is 5.43. The molecule has 1 saturated carbocycles. The summed E-state index contributed by atoms with van der Waals surface area (Å²) in [6.45, 7) is 7.88. The van der Waals surface area contributed by atoms with Crippen molar-refractivity contribution in [2.24, 2.45) is 11.3 Å². The molecule has 3 heteroatoms. The van der Waals surface area contributed by atoms with E-state index in [9.17, 15) is 4.79 Å². The Morgan fingerprint density at radius 2 is 2.13 bits per heavy atom. The molecule has 15 heavy (non-hydrogen) atoms. The van der Waals surface area contributed by atoms with Gasteiger partial charge in [0.2, 0.25) is 0 Å². The van der Waals surface area contributed by atoms with Crippen molar-refractivity contribution in [3.05, 3.63) is 0 Å². The summed E-state index contributed by atoms with van der Waals surface area (Å²) >= 11 is 0. The van der Waals surface area contributed by atoms with E-state index in [1.54, 1.807) is 0 Å². The van der Waals surface area contributed by atoms with Gasteiger partial charge in [0.05, 0.1) is 13.2 Å². The first-order valence-corrected chi connectivity index (χ1v) is 5.85. The maximum atomic E-state index is 11.9. The van der Waals surface area contributed by atoms with Crippen molar-refractivity contribution in [3.63, 3.8) is 0 Å². The van der Waals surface area contributed by atoms with Crippen LogP contribution in [0, 0.1) is 11.3 Å². The molecule has 86 valence electrons. The van der Waals surface area contributed by atoms with Gasteiger partial charge in [0.1, 0.15) is 5.78 Å². The van der Waals surface area contributed by atoms with Gasteiger partial charge in [-0.05, 0) is 18.8 Å². The molecular weight excluding hydrogens is 190 g/mol. The van der Waals surface area contributed by atoms with E-state index in [4.69, 9.17) is 4.74 Å². The Balaban J connectivity index is 1.79. The van der Waals surface area contributed by atoms with E-state index in [1.807, 2.05) is 0 Å². The van der Waals surface area contributed by atoms with Gasteiger partial charge in [0.25, 0.3) is 0 Å². The van der Waals surface area contributed by atoms with E-state index in [-0.39, 0.29) is 11.5 Å². The zero-order chi connectivity index (χ0) is 11.1. The lowest BCUT2D eigenvalue weighted by Gasteiger charge is -2.28. The number of hydrogen-bond donors (Lipinski definition) is 1. The van der Waals surface area contributed by atoms with Crippen LogP contribution < -0.4 is 5.32 Å². The Morgan fingerprint density at radius 1 is 1.47 bits per heavy atom. The molecule has 2 aliphatic rings. The maximum Gasteiger partial charge on any atom is 0.138 e. The van der Waals surface area contributed by atoms with Crippen LogP contribution in [-0.2, 0) is 9.53 Å². The SMILES string of the molecule is CC1COCC(CC(=O)C2CC2(C)C)N1. The third-order valence-electron chi connectivity index (χ3n) is 3.56. The molecule has 0 aromatic carbocycles. The molecule has 2 fully saturated rings. The molecule has 1 heterocycles. The monoisotopic (exact) mass is 211 g/mol. The van der Waals surface area contributed by atoms with E-state index in [0.29, 0.717) is 30.8 Å². The predicted molar refractivity (Wildman–Crippen MR) is 58.7 cm³/mol. The number of carbonyl (C=O) groups is 1. The van der Waals surface area contributed by atoms with Crippen molar-refractivity contribution in [1.82, 2.24) is 5.32 Å². The van der Waals surface area contributed by atoms with Gasteiger partial charge in [-0.25, -0.2) is 0 Å². The lowest BCUT2D eigenvalue weighted by molar-refractivity contribution is -0.122. The van der Waals surface area contributed by atoms with E-state index in [0.717, 1.165) is 13.0 Å². The fourth-order valence-electron chi connectivity index (χ4n) is 2.41. The standard InChI is InChI=1S/C12H21NO2/c1-8-6-15-7-9(13-8)4-11(14)10-5-12(10,2)3/h8-10,13H,4-7H2,1-3H3. The molecule has 1 saturated heterocycles. The first kappa shape index (κ1) is 11.1. The fraction of sp³-hybridized carbons (Fsp3) is 0.917. The number of Topliss-reactive ketones (excluding diaryl/α,β-unsaturated/α-hetero) is 1. The molecule has 1 aliphatic heterocycles. The zero-order valence-corrected chi connectivity index (χ0v) is 9.88. The summed E-state index contributed by atoms with van der Waals surface area (Å²) in [6, 6.07) is 0.612. The highest BCUT2D eigenvalue weighted by Gasteiger charge is 2.50. The first-order chi connectivity index (χ1) is 6.99. The second-order valence-corrected chi connectivity index (χ2v) is 5.72. The van der Waals surface area contributed by atoms with Crippen LogP contribution in [0.4, 0.5) is 0 Å². The second-order valence-electron chi connectivity index (χ2n) is 5.72. The van der Waals surface area contributed by atoms with Crippen LogP contribution in [0.15, 0.2) is 0 Å². The Hall–Kier alpha value is -0.410. The van der Waals surface area contributed by atoms with Gasteiger partial charge in [-0.3, -0.25) is 4.79 Å². The van der Waals surface area contributed by atoms with Crippen LogP contribution in [0.25, 0.3) is 0 Å². The number of hydrogen-bond acceptors (Lipinski definition) is 3. The second kappa shape index (κ2) is 3.87. The van der Waals surface area contributed by atoms with Crippen molar-refractivity contribution < 1.29 is 9.53 Å². The summed E-state index contributed by atoms with van der Waals surface area (Å²) in [6.07, 6.45) is 1.70. The molecule has 3 atom stereocenters. The van der Waals surface area contributed by atoms with Crippen LogP contribution >= 0.6 is 0 Å². The van der Waals surface area contributed by atoms with Gasteiger partial charge >= 0.3 is 0 Å². The van der Waals surface area contributed by atoms with Gasteiger partial charge in [0, 0.05) is 24.4 Å². The van der Waals surface area contributed by atoms with Crippen molar-refractivity contribution in [2.45, 2.75) is 45.7 Å². The number of morpholine rings is 1. The van der Waals surface area contributed by atoms with E-state index in [2.05, 4.69) is 26.1 Å². The van der Waals surface area contributed by atoms with Crippen LogP contribution in [0.1, 0.15) is 33.6 Å². The highest BCUT2D eigenvalue weighted by molar-refractivity contribution is 5.85. The molecule has 0 aromatic rings. The average molecular weight is 211 g/mol. The predicted octanol–water partition coefficient (Wildman–Crippen LogP) is 1.37. The van der Waals surface area contributed by atoms with Crippen LogP contribution in [0.3, 0.4) is 0 Å². The number of rotatable bonds is 3. The summed E-state index contributed by atoms with van der Waals surface area (Å²) in [5.74, 6) is 0.715. The Bertz CT molecular complexity index is 262. The van der Waals surface area contributed by atoms with Gasteiger partial charge < -0.3 is 10.1 Å². The smallest absolute Gasteiger partial charge is 0.138 e. The van der Waals surface area contributed by atoms with Crippen LogP contribution in [-0.4, -0.2) is 31.1 Å². The average Bonchev–Trinajstić information content (AvgIpc) is 2.75. The fourth-order valence-corrected chi connectivity index (χ4v) is 2.41. The lowest BCUT2D eigenvalue weighted by Crippen LogP contribution is -2.48. The maximum absolute atomic E-state index is 11.9. The van der Waals surface area contributed by atoms with Crippen molar-refractivity contribution >= 4 is 5.78 Å². The quantitative estimate of drug-likeness (QED) is 0.766. The van der Waals surface area contributed by atoms with Crippen molar-refractivity contribution in [2.75, 3.05) is 13.2 Å². The van der Waals surface area contributed by atoms with Gasteiger partial charge in [0.15, 0.2) is 0 Å². The minimum Gasteiger partial charge on any atom is -0.378 e. The first-order valence-electron chi connectivity index (χ1n) is 5.85. The number of ether oxygens (including phenoxy) is 1. The van der Waals surface area contributed by atoms with E-state index >= 15 is 0 Å². The van der Waals surface area contributed by atoms with E-state index < -0.39 is 0 Å². The lowest BCUT2D eigenvalue weighted by atomic mass is 10.0. The molecule has 0 amide bonds. The topological polar surface area (TPSA) is 38.3 Å². The summed E-state index contributed by atoms with van der Waals surface area (Å²) in [5, 5.41) is 3.41. The van der Waals surface area contributed by atoms with E-state index in [1.165, 1.54) is 0 Å². The zero-order valence-electron chi connectivity index (χ0n) is 9.88. The van der Waals surface area contributed by atoms with Crippen molar-refractivity contribution in [3.8, 4) is 0 Å². The Kier molecular flexibility index (Phi) is 2.86. The summed E-state index contributed by atoms with van der Waals surface area (Å²) in [4.78, 5) is 11.9. The highest BCUT2D eigenvalue weighted by atomic mass is 16.5. The summed E-state index contributed by atoms with van der Waals surface area (Å²) in [7, 11) is 0. The number of ketones is 1. The highest BCUT2D eigenvalue weighted by Crippen LogP contribution is 2.52. The Morgan fingerprint density at radius 3 is 2.67 bits per heavy atom. The minimum atomic E-state index is 0.234. The van der Waals surface area contributed by atoms with Crippen LogP contribution in [0.2, 0.25) is 0 Å². The molecule has 3 unspecified atom stereocenters. The number of nitrogens with one attached hydrogen (secondary N) is 1. The molecule has 0 aromatic heterocycles. The number of carbonyl (C=O) groups excluding carboxylic acids is 1. The minimum absolute atomic E-state index is 0.234. The van der Waals surface area contributed by atoms with Gasteiger partial charge in [-0.2, -0.15) is 0 Å². The summed E-state index contributed by atoms with van der Waals surface area (Å²) in [5.41, 5.74) is 0.262. The van der Waals surface area contributed by atoms with Gasteiger partial charge in [-0.1, -0.05) is 13.8 Å². The largest absolute Gasteiger partial charge is 0.378 e. The molecule has 0 spiro atoms. The molecule has 3 nitrogen and oxygen atoms in total. The Labute approximate surface area is 91.6 Å². The molecule has 0 radical (unpaired) electrons. The van der Waals surface area contributed by atoms with Gasteiger partial charge in [-0.15, -0.1) is 0 Å². The normalized spacial score (nSPS) is 38.7. The third kappa shape index (κ3) is 2.58. The van der Waals surface area contributed by atoms with Crippen molar-refractivity contribution in [1.29, 1.82) is 0 Å². The molecule has 2 rings (SSSR count). The molecule has 1 N–H and O–H groups in total. The van der Waals surface area contributed by atoms with Crippen LogP contribution in [0.5, 0.6) is 0 Å². The molecule has 0 bridgehead atoms. The molecular formula is C12H21NO2. The molecule has 1 aliphatic carbocycles.